The van der Waals surface area contributed by atoms with Gasteiger partial charge in [0, 0.05) is 0 Å². The van der Waals surface area contributed by atoms with Crippen LogP contribution >= 0.6 is 15.9 Å². The molecule has 0 fully saturated rings. The summed E-state index contributed by atoms with van der Waals surface area (Å²) in [5.74, 6) is 1.63. The highest BCUT2D eigenvalue weighted by molar-refractivity contribution is 9.10. The van der Waals surface area contributed by atoms with E-state index in [0.717, 1.165) is 28.0 Å². The molecule has 2 aromatic rings. The van der Waals surface area contributed by atoms with Crippen LogP contribution in [0.2, 0.25) is 0 Å². The van der Waals surface area contributed by atoms with Crippen molar-refractivity contribution in [1.82, 2.24) is 0 Å². The lowest BCUT2D eigenvalue weighted by Gasteiger charge is -2.11. The van der Waals surface area contributed by atoms with E-state index >= 15 is 0 Å². The summed E-state index contributed by atoms with van der Waals surface area (Å²) in [5.41, 5.74) is 2.04. The smallest absolute Gasteiger partial charge is 0.141 e. The summed E-state index contributed by atoms with van der Waals surface area (Å²) in [6.45, 7) is 2.14. The van der Waals surface area contributed by atoms with Crippen LogP contribution in [-0.4, -0.2) is 5.11 Å². The second-order valence-electron chi connectivity index (χ2n) is 3.99. The molecule has 0 bridgehead atoms. The van der Waals surface area contributed by atoms with Gasteiger partial charge in [0.25, 0.3) is 0 Å². The maximum absolute atomic E-state index is 9.06. The number of aryl methyl sites for hydroxylation is 1. The summed E-state index contributed by atoms with van der Waals surface area (Å²) < 4.78 is 6.75. The number of ether oxygens (including phenoxy) is 1. The zero-order chi connectivity index (χ0) is 13.0. The van der Waals surface area contributed by atoms with E-state index in [1.807, 2.05) is 36.4 Å². The van der Waals surface area contributed by atoms with E-state index < -0.39 is 0 Å². The Hall–Kier alpha value is -1.32. The number of para-hydroxylation sites is 1. The molecule has 0 aliphatic rings. The number of hydrogen-bond acceptors (Lipinski definition) is 2. The van der Waals surface area contributed by atoms with Gasteiger partial charge in [-0.2, -0.15) is 0 Å². The third kappa shape index (κ3) is 2.92. The number of hydrogen-bond donors (Lipinski definition) is 1. The minimum atomic E-state index is 0.0322. The zero-order valence-electron chi connectivity index (χ0n) is 10.2. The van der Waals surface area contributed by atoms with Crippen molar-refractivity contribution in [3.63, 3.8) is 0 Å². The number of aliphatic hydroxyl groups is 1. The number of halogens is 1. The Morgan fingerprint density at radius 3 is 2.56 bits per heavy atom. The first-order valence-electron chi connectivity index (χ1n) is 5.89. The lowest BCUT2D eigenvalue weighted by atomic mass is 10.1. The Morgan fingerprint density at radius 2 is 1.89 bits per heavy atom. The molecule has 0 saturated carbocycles. The molecular formula is C15H15BrO2. The third-order valence-corrected chi connectivity index (χ3v) is 3.37. The van der Waals surface area contributed by atoms with E-state index in [-0.39, 0.29) is 6.61 Å². The van der Waals surface area contributed by atoms with Crippen molar-refractivity contribution in [1.29, 1.82) is 0 Å². The van der Waals surface area contributed by atoms with Gasteiger partial charge in [0.05, 0.1) is 11.1 Å². The highest BCUT2D eigenvalue weighted by atomic mass is 79.9. The topological polar surface area (TPSA) is 29.5 Å². The summed E-state index contributed by atoms with van der Waals surface area (Å²) in [6.07, 6.45) is 0.933. The Kier molecular flexibility index (Phi) is 4.39. The second kappa shape index (κ2) is 6.03. The summed E-state index contributed by atoms with van der Waals surface area (Å²) in [4.78, 5) is 0. The van der Waals surface area contributed by atoms with Gasteiger partial charge in [0.2, 0.25) is 0 Å². The van der Waals surface area contributed by atoms with Crippen LogP contribution in [-0.2, 0) is 13.0 Å². The van der Waals surface area contributed by atoms with Crippen LogP contribution in [0, 0.1) is 0 Å². The number of aliphatic hydroxyl groups excluding tert-OH is 1. The molecule has 0 aliphatic heterocycles. The first-order valence-corrected chi connectivity index (χ1v) is 6.69. The molecule has 1 N–H and O–H groups in total. The van der Waals surface area contributed by atoms with Crippen molar-refractivity contribution < 1.29 is 9.84 Å². The number of benzene rings is 2. The van der Waals surface area contributed by atoms with E-state index in [9.17, 15) is 0 Å². The molecule has 2 aromatic carbocycles. The fourth-order valence-corrected chi connectivity index (χ4v) is 2.25. The summed E-state index contributed by atoms with van der Waals surface area (Å²) in [6, 6.07) is 13.6. The summed E-state index contributed by atoms with van der Waals surface area (Å²) >= 11 is 3.46. The molecular weight excluding hydrogens is 292 g/mol. The van der Waals surface area contributed by atoms with Gasteiger partial charge in [-0.1, -0.05) is 31.2 Å². The quantitative estimate of drug-likeness (QED) is 0.912. The molecule has 0 aromatic heterocycles. The average molecular weight is 307 g/mol. The molecule has 2 nitrogen and oxygen atoms in total. The minimum absolute atomic E-state index is 0.0322. The molecule has 0 saturated heterocycles. The van der Waals surface area contributed by atoms with Crippen molar-refractivity contribution in [2.24, 2.45) is 0 Å². The molecule has 0 spiro atoms. The normalized spacial score (nSPS) is 10.4. The van der Waals surface area contributed by atoms with Gasteiger partial charge in [-0.3, -0.25) is 0 Å². The van der Waals surface area contributed by atoms with Gasteiger partial charge < -0.3 is 9.84 Å². The fraction of sp³-hybridized carbons (Fsp3) is 0.200. The largest absolute Gasteiger partial charge is 0.456 e. The van der Waals surface area contributed by atoms with Gasteiger partial charge in [-0.25, -0.2) is 0 Å². The van der Waals surface area contributed by atoms with E-state index in [0.29, 0.717) is 0 Å². The molecule has 0 unspecified atom stereocenters. The first-order chi connectivity index (χ1) is 8.74. The molecule has 3 heteroatoms. The fourth-order valence-electron chi connectivity index (χ4n) is 1.74. The van der Waals surface area contributed by atoms with Crippen LogP contribution < -0.4 is 4.74 Å². The molecule has 0 aliphatic carbocycles. The lowest BCUT2D eigenvalue weighted by molar-refractivity contribution is 0.281. The van der Waals surface area contributed by atoms with Crippen molar-refractivity contribution in [3.8, 4) is 11.5 Å². The molecule has 94 valence electrons. The van der Waals surface area contributed by atoms with Crippen molar-refractivity contribution >= 4 is 15.9 Å². The summed E-state index contributed by atoms with van der Waals surface area (Å²) in [5, 5.41) is 9.06. The Morgan fingerprint density at radius 1 is 1.11 bits per heavy atom. The first kappa shape index (κ1) is 13.1. The Balaban J connectivity index is 2.28. The Labute approximate surface area is 115 Å². The maximum atomic E-state index is 9.06. The summed E-state index contributed by atoms with van der Waals surface area (Å²) in [7, 11) is 0. The van der Waals surface area contributed by atoms with Crippen molar-refractivity contribution in [2.75, 3.05) is 0 Å². The SMILES string of the molecule is CCc1ccccc1Oc1ccc(CO)cc1Br. The van der Waals surface area contributed by atoms with Crippen LogP contribution in [0.25, 0.3) is 0 Å². The van der Waals surface area contributed by atoms with Crippen LogP contribution in [0.5, 0.6) is 11.5 Å². The van der Waals surface area contributed by atoms with E-state index in [2.05, 4.69) is 28.9 Å². The van der Waals surface area contributed by atoms with E-state index in [1.165, 1.54) is 5.56 Å². The maximum Gasteiger partial charge on any atom is 0.141 e. The highest BCUT2D eigenvalue weighted by Crippen LogP contribution is 2.32. The van der Waals surface area contributed by atoms with Crippen LogP contribution in [0.3, 0.4) is 0 Å². The average Bonchev–Trinajstić information content (AvgIpc) is 2.41. The van der Waals surface area contributed by atoms with Crippen LogP contribution in [0.4, 0.5) is 0 Å². The van der Waals surface area contributed by atoms with Crippen molar-refractivity contribution in [3.05, 3.63) is 58.1 Å². The van der Waals surface area contributed by atoms with Gasteiger partial charge in [0.1, 0.15) is 11.5 Å². The van der Waals surface area contributed by atoms with Crippen LogP contribution in [0.15, 0.2) is 46.9 Å². The minimum Gasteiger partial charge on any atom is -0.456 e. The van der Waals surface area contributed by atoms with E-state index in [4.69, 9.17) is 9.84 Å². The van der Waals surface area contributed by atoms with Crippen LogP contribution in [0.1, 0.15) is 18.1 Å². The molecule has 0 heterocycles. The van der Waals surface area contributed by atoms with Gasteiger partial charge in [-0.15, -0.1) is 0 Å². The molecule has 0 atom stereocenters. The molecule has 2 rings (SSSR count). The predicted molar refractivity (Wildman–Crippen MR) is 76.0 cm³/mol. The number of rotatable bonds is 4. The molecule has 18 heavy (non-hydrogen) atoms. The van der Waals surface area contributed by atoms with Crippen molar-refractivity contribution in [2.45, 2.75) is 20.0 Å². The zero-order valence-corrected chi connectivity index (χ0v) is 11.8. The molecule has 0 radical (unpaired) electrons. The lowest BCUT2D eigenvalue weighted by Crippen LogP contribution is -1.92. The predicted octanol–water partition coefficient (Wildman–Crippen LogP) is 4.30. The highest BCUT2D eigenvalue weighted by Gasteiger charge is 2.06. The van der Waals surface area contributed by atoms with Gasteiger partial charge in [-0.05, 0) is 51.7 Å². The van der Waals surface area contributed by atoms with Gasteiger partial charge in [0.15, 0.2) is 0 Å². The second-order valence-corrected chi connectivity index (χ2v) is 4.84. The standard InChI is InChI=1S/C15H15BrO2/c1-2-12-5-3-4-6-14(12)18-15-8-7-11(10-17)9-13(15)16/h3-9,17H,2,10H2,1H3. The van der Waals surface area contributed by atoms with Gasteiger partial charge >= 0.3 is 0 Å². The molecule has 0 amide bonds. The Bertz CT molecular complexity index is 538. The van der Waals surface area contributed by atoms with E-state index in [1.54, 1.807) is 0 Å². The third-order valence-electron chi connectivity index (χ3n) is 2.75. The monoisotopic (exact) mass is 306 g/mol.